The van der Waals surface area contributed by atoms with Gasteiger partial charge < -0.3 is 0 Å². The maximum Gasteiger partial charge on any atom is 0.201 e. The molecule has 0 heterocycles. The van der Waals surface area contributed by atoms with Crippen molar-refractivity contribution in [3.63, 3.8) is 0 Å². The molecule has 0 N–H and O–H groups in total. The van der Waals surface area contributed by atoms with Crippen LogP contribution < -0.4 is 37.8 Å². The summed E-state index contributed by atoms with van der Waals surface area (Å²) in [4.78, 5) is 14.3. The normalized spacial score (nSPS) is 11.8. The predicted molar refractivity (Wildman–Crippen MR) is 273 cm³/mol. The Labute approximate surface area is 455 Å². The number of hydrogen-bond donors (Lipinski definition) is 0. The molecule has 0 saturated carbocycles. The Balaban J connectivity index is 0.000000240. The fraction of sp³-hybridized carbons (Fsp3) is 0.169. The zero-order valence-electron chi connectivity index (χ0n) is 44.1. The highest BCUT2D eigenvalue weighted by Crippen LogP contribution is 2.60. The summed E-state index contributed by atoms with van der Waals surface area (Å²) >= 11 is 0. The second-order valence-corrected chi connectivity index (χ2v) is 23.1. The smallest absolute Gasteiger partial charge is 0.201 e. The van der Waals surface area contributed by atoms with Crippen LogP contribution in [0.1, 0.15) is 60.4 Å². The molecule has 0 saturated heterocycles. The fourth-order valence-corrected chi connectivity index (χ4v) is 17.5. The van der Waals surface area contributed by atoms with E-state index in [1.54, 1.807) is 0 Å². The largest absolute Gasteiger partial charge is 0.290 e. The van der Waals surface area contributed by atoms with Crippen molar-refractivity contribution in [2.24, 2.45) is 0 Å². The summed E-state index contributed by atoms with van der Waals surface area (Å²) in [6.07, 6.45) is -6.73. The molecule has 1 nitrogen and oxygen atoms in total. The molecule has 0 spiro atoms. The van der Waals surface area contributed by atoms with E-state index in [1.807, 2.05) is 30.3 Å². The molecule has 0 amide bonds. The van der Waals surface area contributed by atoms with Crippen molar-refractivity contribution >= 4 is 57.0 Å². The highest BCUT2D eigenvalue weighted by Gasteiger charge is 2.55. The second kappa shape index (κ2) is 22.7. The van der Waals surface area contributed by atoms with Gasteiger partial charge in [0.25, 0.3) is 0 Å². The summed E-state index contributed by atoms with van der Waals surface area (Å²) < 4.78 is 294. The number of hydrogen-bond acceptors (Lipinski definition) is 1. The van der Waals surface area contributed by atoms with Gasteiger partial charge in [0.2, 0.25) is 5.78 Å². The number of rotatable bonds is 10. The van der Waals surface area contributed by atoms with E-state index in [4.69, 9.17) is 0 Å². The van der Waals surface area contributed by atoms with Crippen LogP contribution in [-0.4, -0.2) is 18.1 Å². The van der Waals surface area contributed by atoms with E-state index in [1.165, 1.54) is 66.0 Å². The Bertz CT molecular complexity index is 3390. The van der Waals surface area contributed by atoms with Crippen LogP contribution in [0.25, 0.3) is 0 Å². The minimum Gasteiger partial charge on any atom is -0.290 e. The molecule has 23 heteroatoms. The zero-order valence-corrected chi connectivity index (χ0v) is 44.9. The Kier molecular flexibility index (Phi) is 17.2. The van der Waals surface area contributed by atoms with Gasteiger partial charge in [-0.05, 0) is 95.7 Å². The summed E-state index contributed by atoms with van der Waals surface area (Å²) in [5, 5.41) is 4.10. The molecule has 430 valence electrons. The molecule has 82 heavy (non-hydrogen) atoms. The molecule has 0 atom stereocenters. The van der Waals surface area contributed by atoms with E-state index in [2.05, 4.69) is 98.7 Å². The van der Waals surface area contributed by atoms with Crippen molar-refractivity contribution in [2.75, 3.05) is 6.16 Å². The lowest BCUT2D eigenvalue weighted by molar-refractivity contribution is 0.102. The maximum absolute atomic E-state index is 15.4. The van der Waals surface area contributed by atoms with Crippen molar-refractivity contribution in [3.8, 4) is 0 Å². The van der Waals surface area contributed by atoms with Crippen molar-refractivity contribution in [3.05, 3.63) is 239 Å². The minimum absolute atomic E-state index is 0.215. The van der Waals surface area contributed by atoms with Gasteiger partial charge in [-0.2, -0.15) is 0 Å². The molecule has 8 rings (SSSR count). The van der Waals surface area contributed by atoms with Crippen molar-refractivity contribution < 1.29 is 92.6 Å². The average molecular weight is 1190 g/mol. The van der Waals surface area contributed by atoms with E-state index in [0.29, 0.717) is 6.16 Å². The van der Waals surface area contributed by atoms with Gasteiger partial charge in [-0.1, -0.05) is 83.4 Å². The molecule has 0 fully saturated rings. The van der Waals surface area contributed by atoms with Gasteiger partial charge in [0.1, 0.15) is 82.0 Å². The number of ketones is 1. The number of aryl methyl sites for hydroxylation is 9. The molecule has 0 aliphatic carbocycles. The first-order valence-electron chi connectivity index (χ1n) is 24.1. The molecule has 0 aliphatic rings. The minimum atomic E-state index is -7.22. The van der Waals surface area contributed by atoms with Crippen molar-refractivity contribution in [1.82, 2.24) is 0 Å². The Morgan fingerprint density at radius 1 is 0.305 bits per heavy atom. The fourth-order valence-electron chi connectivity index (χ4n) is 11.7. The first kappa shape index (κ1) is 62.1. The number of carbonyl (C=O) groups is 1. The van der Waals surface area contributed by atoms with Crippen LogP contribution in [0.2, 0.25) is 0 Å². The van der Waals surface area contributed by atoms with Gasteiger partial charge in [0, 0.05) is 5.56 Å². The Hall–Kier alpha value is -7.48. The van der Waals surface area contributed by atoms with Gasteiger partial charge in [0.15, 0.2) is 69.8 Å². The third kappa shape index (κ3) is 9.71. The first-order chi connectivity index (χ1) is 38.2. The van der Waals surface area contributed by atoms with Gasteiger partial charge in [-0.3, -0.25) is 4.79 Å². The SMILES string of the molecule is Cc1cc(C)c([P+](CC(=O)c2ccccc2)(c2c(C)cc(C)cc2C)c2c(C)cc(C)cc2C)c(C)c1.Fc1c(F)c(F)c([B-](c2c(F)c(F)c(F)c(F)c2F)(c2c(F)c(F)c(F)c(F)c2F)c2c(F)c(F)c(F)c(F)c2F)c(F)c1F. The van der Waals surface area contributed by atoms with Gasteiger partial charge >= 0.3 is 0 Å². The van der Waals surface area contributed by atoms with Gasteiger partial charge in [-0.15, -0.1) is 21.9 Å². The standard InChI is InChI=1S/C35H40OP.C24BF20/c1-22-15-25(4)33(26(5)16-22)37(21-32(36)31-13-11-10-12-14-31,34-27(6)17-23(2)18-28(34)7)35-29(8)19-24(3)20-30(35)9;26-5-1(6(27)14(35)21(42)13(5)34)25(2-7(28)15(36)22(43)16(37)8(2)29,3-9(30)17(38)23(44)18(39)10(3)31)4-11(32)19(40)24(45)20(41)12(4)33/h10-20H,21H2,1-9H3;/q+1;-1. The first-order valence-corrected chi connectivity index (χ1v) is 26.1. The van der Waals surface area contributed by atoms with E-state index < -0.39 is 152 Å². The van der Waals surface area contributed by atoms with Crippen LogP contribution in [0.3, 0.4) is 0 Å². The number of halogens is 20. The summed E-state index contributed by atoms with van der Waals surface area (Å²) in [5.41, 5.74) is -2.05. The van der Waals surface area contributed by atoms with Crippen LogP contribution in [0.4, 0.5) is 87.8 Å². The average Bonchev–Trinajstić information content (AvgIpc) is 0.877. The van der Waals surface area contributed by atoms with Crippen molar-refractivity contribution in [2.45, 2.75) is 62.3 Å². The van der Waals surface area contributed by atoms with Crippen molar-refractivity contribution in [1.29, 1.82) is 0 Å². The third-order valence-electron chi connectivity index (χ3n) is 14.2. The summed E-state index contributed by atoms with van der Waals surface area (Å²) in [6.45, 7) is 20.0. The Morgan fingerprint density at radius 3 is 0.683 bits per heavy atom. The molecule has 8 aromatic carbocycles. The molecular weight excluding hydrogens is 1150 g/mol. The molecule has 0 aliphatic heterocycles. The lowest BCUT2D eigenvalue weighted by Crippen LogP contribution is -2.81. The third-order valence-corrected chi connectivity index (χ3v) is 19.4. The summed E-state index contributed by atoms with van der Waals surface area (Å²) in [7, 11) is -2.41. The Morgan fingerprint density at radius 2 is 0.488 bits per heavy atom. The van der Waals surface area contributed by atoms with E-state index in [9.17, 15) is 57.5 Å². The van der Waals surface area contributed by atoms with Crippen LogP contribution in [0, 0.1) is 179 Å². The lowest BCUT2D eigenvalue weighted by atomic mass is 9.12. The lowest BCUT2D eigenvalue weighted by Gasteiger charge is -2.44. The molecule has 0 bridgehead atoms. The predicted octanol–water partition coefficient (Wildman–Crippen LogP) is 13.5. The van der Waals surface area contributed by atoms with Gasteiger partial charge in [0.05, 0.1) is 0 Å². The van der Waals surface area contributed by atoms with E-state index >= 15 is 35.1 Å². The van der Waals surface area contributed by atoms with Crippen LogP contribution in [0.15, 0.2) is 66.7 Å². The molecular formula is C59H40BF20OP. The summed E-state index contributed by atoms with van der Waals surface area (Å²) in [6, 6.07) is 23.7. The number of Topliss-reactive ketones (excluding diaryl/α,β-unsaturated/α-hetero) is 1. The van der Waals surface area contributed by atoms with Crippen LogP contribution in [-0.2, 0) is 0 Å². The van der Waals surface area contributed by atoms with Crippen LogP contribution >= 0.6 is 7.26 Å². The van der Waals surface area contributed by atoms with E-state index in [-0.39, 0.29) is 5.78 Å². The molecule has 0 aromatic heterocycles. The topological polar surface area (TPSA) is 17.1 Å². The second-order valence-electron chi connectivity index (χ2n) is 19.8. The van der Waals surface area contributed by atoms with Gasteiger partial charge in [-0.25, -0.2) is 87.8 Å². The molecule has 8 aromatic rings. The number of carbonyl (C=O) groups excluding carboxylic acids is 1. The summed E-state index contributed by atoms with van der Waals surface area (Å²) in [5.74, 6) is -71.2. The zero-order chi connectivity index (χ0) is 61.4. The van der Waals surface area contributed by atoms with E-state index in [0.717, 1.165) is 5.56 Å². The number of benzene rings is 8. The molecule has 0 radical (unpaired) electrons. The molecule has 0 unspecified atom stereocenters. The quantitative estimate of drug-likeness (QED) is 0.0333. The highest BCUT2D eigenvalue weighted by atomic mass is 31.2. The monoisotopic (exact) mass is 1190 g/mol. The maximum atomic E-state index is 15.4. The highest BCUT2D eigenvalue weighted by molar-refractivity contribution is 7.96. The van der Waals surface area contributed by atoms with Crippen LogP contribution in [0.5, 0.6) is 0 Å².